The first-order valence-electron chi connectivity index (χ1n) is 5.10. The van der Waals surface area contributed by atoms with Gasteiger partial charge in [-0.2, -0.15) is 0 Å². The number of halogens is 1. The van der Waals surface area contributed by atoms with Gasteiger partial charge in [0.05, 0.1) is 17.8 Å². The lowest BCUT2D eigenvalue weighted by molar-refractivity contribution is 0.456. The quantitative estimate of drug-likeness (QED) is 0.937. The highest BCUT2D eigenvalue weighted by Crippen LogP contribution is 2.28. The molecule has 1 atom stereocenters. The standard InChI is InChI=1S/C12H13BrN2O/c1-8(14-2)11-7-15-12(16-11)9-5-3-4-6-10(9)13/h3-8,14H,1-2H3. The molecule has 0 aliphatic rings. The zero-order valence-corrected chi connectivity index (χ0v) is 10.8. The average Bonchev–Trinajstić information content (AvgIpc) is 2.78. The normalized spacial score (nSPS) is 12.7. The topological polar surface area (TPSA) is 38.1 Å². The van der Waals surface area contributed by atoms with Gasteiger partial charge in [0.2, 0.25) is 5.89 Å². The van der Waals surface area contributed by atoms with E-state index in [0.717, 1.165) is 15.8 Å². The first kappa shape index (κ1) is 11.4. The molecule has 0 fully saturated rings. The first-order valence-corrected chi connectivity index (χ1v) is 5.89. The molecule has 3 nitrogen and oxygen atoms in total. The second-order valence-corrected chi connectivity index (χ2v) is 4.41. The van der Waals surface area contributed by atoms with E-state index in [0.29, 0.717) is 5.89 Å². The Bertz CT molecular complexity index is 481. The molecular weight excluding hydrogens is 268 g/mol. The summed E-state index contributed by atoms with van der Waals surface area (Å²) in [6.07, 6.45) is 1.76. The Morgan fingerprint density at radius 3 is 2.81 bits per heavy atom. The molecule has 1 aromatic carbocycles. The van der Waals surface area contributed by atoms with Gasteiger partial charge in [-0.15, -0.1) is 0 Å². The van der Waals surface area contributed by atoms with E-state index < -0.39 is 0 Å². The van der Waals surface area contributed by atoms with Crippen LogP contribution in [-0.2, 0) is 0 Å². The molecule has 1 unspecified atom stereocenters. The SMILES string of the molecule is CNC(C)c1cnc(-c2ccccc2Br)o1. The summed E-state index contributed by atoms with van der Waals surface area (Å²) < 4.78 is 6.69. The van der Waals surface area contributed by atoms with Crippen LogP contribution in [0.15, 0.2) is 39.4 Å². The Morgan fingerprint density at radius 1 is 1.38 bits per heavy atom. The number of benzene rings is 1. The molecule has 4 heteroatoms. The van der Waals surface area contributed by atoms with Crippen molar-refractivity contribution in [1.82, 2.24) is 10.3 Å². The van der Waals surface area contributed by atoms with E-state index in [-0.39, 0.29) is 6.04 Å². The molecule has 0 spiro atoms. The van der Waals surface area contributed by atoms with Crippen LogP contribution in [-0.4, -0.2) is 12.0 Å². The predicted molar refractivity (Wildman–Crippen MR) is 67.1 cm³/mol. The van der Waals surface area contributed by atoms with Crippen LogP contribution in [0.1, 0.15) is 18.7 Å². The van der Waals surface area contributed by atoms with Crippen molar-refractivity contribution in [2.24, 2.45) is 0 Å². The van der Waals surface area contributed by atoms with Gasteiger partial charge in [-0.05, 0) is 42.0 Å². The average molecular weight is 281 g/mol. The van der Waals surface area contributed by atoms with Crippen LogP contribution < -0.4 is 5.32 Å². The fourth-order valence-corrected chi connectivity index (χ4v) is 1.84. The van der Waals surface area contributed by atoms with Crippen LogP contribution in [0, 0.1) is 0 Å². The van der Waals surface area contributed by atoms with Crippen LogP contribution in [0.4, 0.5) is 0 Å². The number of nitrogens with one attached hydrogen (secondary N) is 1. The van der Waals surface area contributed by atoms with Gasteiger partial charge < -0.3 is 9.73 Å². The summed E-state index contributed by atoms with van der Waals surface area (Å²) in [7, 11) is 1.89. The van der Waals surface area contributed by atoms with E-state index >= 15 is 0 Å². The number of rotatable bonds is 3. The van der Waals surface area contributed by atoms with Crippen molar-refractivity contribution in [2.75, 3.05) is 7.05 Å². The highest BCUT2D eigenvalue weighted by Gasteiger charge is 2.12. The van der Waals surface area contributed by atoms with Gasteiger partial charge in [0, 0.05) is 4.47 Å². The van der Waals surface area contributed by atoms with Gasteiger partial charge in [-0.1, -0.05) is 12.1 Å². The Balaban J connectivity index is 2.35. The summed E-state index contributed by atoms with van der Waals surface area (Å²) >= 11 is 3.48. The van der Waals surface area contributed by atoms with Crippen molar-refractivity contribution >= 4 is 15.9 Å². The molecule has 0 amide bonds. The molecular formula is C12H13BrN2O. The van der Waals surface area contributed by atoms with E-state index in [1.165, 1.54) is 0 Å². The van der Waals surface area contributed by atoms with Crippen LogP contribution in [0.2, 0.25) is 0 Å². The molecule has 1 aromatic heterocycles. The van der Waals surface area contributed by atoms with Gasteiger partial charge in [0.1, 0.15) is 5.76 Å². The minimum absolute atomic E-state index is 0.170. The second kappa shape index (κ2) is 4.80. The Hall–Kier alpha value is -1.13. The summed E-state index contributed by atoms with van der Waals surface area (Å²) in [6.45, 7) is 2.03. The summed E-state index contributed by atoms with van der Waals surface area (Å²) in [5.74, 6) is 1.48. The molecule has 0 saturated carbocycles. The van der Waals surface area contributed by atoms with Gasteiger partial charge >= 0.3 is 0 Å². The van der Waals surface area contributed by atoms with Crippen LogP contribution in [0.5, 0.6) is 0 Å². The number of oxazole rings is 1. The number of nitrogens with zero attached hydrogens (tertiary/aromatic N) is 1. The molecule has 0 saturated heterocycles. The van der Waals surface area contributed by atoms with Crippen molar-refractivity contribution in [3.63, 3.8) is 0 Å². The second-order valence-electron chi connectivity index (χ2n) is 3.56. The minimum atomic E-state index is 0.170. The molecule has 0 aliphatic carbocycles. The molecule has 2 aromatic rings. The van der Waals surface area contributed by atoms with E-state index in [4.69, 9.17) is 4.42 Å². The Morgan fingerprint density at radius 2 is 2.12 bits per heavy atom. The maximum absolute atomic E-state index is 5.70. The Kier molecular flexibility index (Phi) is 3.41. The molecule has 84 valence electrons. The number of aromatic nitrogens is 1. The summed E-state index contributed by atoms with van der Waals surface area (Å²) in [4.78, 5) is 4.28. The lowest BCUT2D eigenvalue weighted by Crippen LogP contribution is -2.11. The third-order valence-electron chi connectivity index (χ3n) is 2.49. The highest BCUT2D eigenvalue weighted by molar-refractivity contribution is 9.10. The number of hydrogen-bond acceptors (Lipinski definition) is 3. The third kappa shape index (κ3) is 2.18. The van der Waals surface area contributed by atoms with Gasteiger partial charge in [-0.3, -0.25) is 0 Å². The molecule has 0 aliphatic heterocycles. The monoisotopic (exact) mass is 280 g/mol. The van der Waals surface area contributed by atoms with Crippen LogP contribution in [0.25, 0.3) is 11.5 Å². The van der Waals surface area contributed by atoms with E-state index in [1.807, 2.05) is 38.2 Å². The summed E-state index contributed by atoms with van der Waals surface area (Å²) in [5.41, 5.74) is 0.969. The smallest absolute Gasteiger partial charge is 0.227 e. The maximum Gasteiger partial charge on any atom is 0.227 e. The summed E-state index contributed by atoms with van der Waals surface area (Å²) in [5, 5.41) is 3.12. The van der Waals surface area contributed by atoms with E-state index in [9.17, 15) is 0 Å². The zero-order chi connectivity index (χ0) is 11.5. The third-order valence-corrected chi connectivity index (χ3v) is 3.18. The molecule has 0 bridgehead atoms. The highest BCUT2D eigenvalue weighted by atomic mass is 79.9. The van der Waals surface area contributed by atoms with Crippen molar-refractivity contribution in [1.29, 1.82) is 0 Å². The summed E-state index contributed by atoms with van der Waals surface area (Å²) in [6, 6.07) is 8.05. The molecule has 1 heterocycles. The number of hydrogen-bond donors (Lipinski definition) is 1. The van der Waals surface area contributed by atoms with Gasteiger partial charge in [0.15, 0.2) is 0 Å². The van der Waals surface area contributed by atoms with Crippen molar-refractivity contribution in [3.8, 4) is 11.5 Å². The first-order chi connectivity index (χ1) is 7.72. The molecule has 1 N–H and O–H groups in total. The fourth-order valence-electron chi connectivity index (χ4n) is 1.39. The van der Waals surface area contributed by atoms with Crippen molar-refractivity contribution < 1.29 is 4.42 Å². The molecule has 0 radical (unpaired) electrons. The van der Waals surface area contributed by atoms with Gasteiger partial charge in [-0.25, -0.2) is 4.98 Å². The lowest BCUT2D eigenvalue weighted by Gasteiger charge is -2.04. The van der Waals surface area contributed by atoms with Crippen molar-refractivity contribution in [2.45, 2.75) is 13.0 Å². The van der Waals surface area contributed by atoms with E-state index in [1.54, 1.807) is 6.20 Å². The van der Waals surface area contributed by atoms with Crippen LogP contribution >= 0.6 is 15.9 Å². The predicted octanol–water partition coefficient (Wildman–Crippen LogP) is 3.38. The molecule has 16 heavy (non-hydrogen) atoms. The zero-order valence-electron chi connectivity index (χ0n) is 9.20. The van der Waals surface area contributed by atoms with Crippen LogP contribution in [0.3, 0.4) is 0 Å². The maximum atomic E-state index is 5.70. The lowest BCUT2D eigenvalue weighted by atomic mass is 10.2. The Labute approximate surface area is 103 Å². The fraction of sp³-hybridized carbons (Fsp3) is 0.250. The molecule has 2 rings (SSSR count). The van der Waals surface area contributed by atoms with E-state index in [2.05, 4.69) is 26.2 Å². The van der Waals surface area contributed by atoms with Crippen molar-refractivity contribution in [3.05, 3.63) is 40.7 Å². The minimum Gasteiger partial charge on any atom is -0.439 e. The largest absolute Gasteiger partial charge is 0.439 e. The van der Waals surface area contributed by atoms with Gasteiger partial charge in [0.25, 0.3) is 0 Å².